The van der Waals surface area contributed by atoms with Gasteiger partial charge in [-0.05, 0) is 0 Å². The van der Waals surface area contributed by atoms with Crippen LogP contribution in [0.25, 0.3) is 0 Å². The third-order valence-electron chi connectivity index (χ3n) is 0.875. The molecule has 0 aromatic heterocycles. The van der Waals surface area contributed by atoms with Gasteiger partial charge < -0.3 is 4.65 Å². The van der Waals surface area contributed by atoms with Gasteiger partial charge in [-0.2, -0.15) is 0 Å². The molecule has 0 rings (SSSR count). The van der Waals surface area contributed by atoms with Crippen molar-refractivity contribution in [3.63, 3.8) is 0 Å². The molecule has 0 aliphatic heterocycles. The first-order valence-electron chi connectivity index (χ1n) is 4.00. The monoisotopic (exact) mass is 217 g/mol. The molecule has 0 heterocycles. The van der Waals surface area contributed by atoms with Gasteiger partial charge in [0.1, 0.15) is 18.4 Å². The molecule has 0 amide bonds. The molecule has 0 spiro atoms. The third kappa shape index (κ3) is 10.8. The topological polar surface area (TPSA) is 12.0 Å². The van der Waals surface area contributed by atoms with E-state index in [1.165, 1.54) is 0 Å². The van der Waals surface area contributed by atoms with E-state index in [9.17, 15) is 0 Å². The number of hydrogen-bond donors (Lipinski definition) is 1. The molecular weight excluding hydrogens is 198 g/mol. The summed E-state index contributed by atoms with van der Waals surface area (Å²) in [6, 6.07) is 0. The highest BCUT2D eigenvalue weighted by molar-refractivity contribution is 7.29. The van der Waals surface area contributed by atoms with Crippen LogP contribution in [-0.4, -0.2) is 33.6 Å². The Hall–Kier alpha value is 0.828. The van der Waals surface area contributed by atoms with Gasteiger partial charge in [0.15, 0.2) is 0 Å². The molecule has 64 valence electrons. The summed E-state index contributed by atoms with van der Waals surface area (Å²) in [4.78, 5) is 0. The maximum Gasteiger partial charge on any atom is 0.116 e. The quantitative estimate of drug-likeness (QED) is 0.704. The van der Waals surface area contributed by atoms with E-state index >= 15 is 0 Å². The van der Waals surface area contributed by atoms with Crippen molar-refractivity contribution in [1.29, 1.82) is 0 Å². The Morgan fingerprint density at radius 3 is 1.18 bits per heavy atom. The van der Waals surface area contributed by atoms with Gasteiger partial charge in [-0.1, -0.05) is 39.3 Å². The maximum absolute atomic E-state index is 3.64. The van der Waals surface area contributed by atoms with Crippen LogP contribution < -0.4 is 4.65 Å². The van der Waals surface area contributed by atoms with Crippen LogP contribution in [0.15, 0.2) is 0 Å². The van der Waals surface area contributed by atoms with Gasteiger partial charge in [0.25, 0.3) is 0 Å². The average molecular weight is 218 g/mol. The fraction of sp³-hybridized carbons (Fsp3) is 1.00. The minimum absolute atomic E-state index is 0.811. The molecule has 11 heavy (non-hydrogen) atoms. The highest BCUT2D eigenvalue weighted by Crippen LogP contribution is 1.97. The molecule has 0 saturated heterocycles. The van der Waals surface area contributed by atoms with Crippen LogP contribution in [0.3, 0.4) is 0 Å². The second-order valence-corrected chi connectivity index (χ2v) is 25.9. The summed E-state index contributed by atoms with van der Waals surface area (Å²) in [6.07, 6.45) is 0. The molecular formula is C6H19NSi4. The van der Waals surface area contributed by atoms with Crippen molar-refractivity contribution in [2.75, 3.05) is 0 Å². The zero-order valence-electron chi connectivity index (χ0n) is 8.50. The normalized spacial score (nSPS) is 13.6. The summed E-state index contributed by atoms with van der Waals surface area (Å²) >= 11 is 0. The van der Waals surface area contributed by atoms with Crippen LogP contribution in [0.1, 0.15) is 0 Å². The van der Waals surface area contributed by atoms with Gasteiger partial charge in [0.05, 0.1) is 15.2 Å². The lowest BCUT2D eigenvalue weighted by Gasteiger charge is -2.19. The first kappa shape index (κ1) is 11.8. The summed E-state index contributed by atoms with van der Waals surface area (Å²) in [6.45, 7) is 14.5. The molecule has 0 atom stereocenters. The molecule has 0 saturated carbocycles. The second-order valence-electron chi connectivity index (χ2n) is 4.88. The van der Waals surface area contributed by atoms with Crippen LogP contribution in [0.4, 0.5) is 0 Å². The number of hydrogen-bond acceptors (Lipinski definition) is 1. The molecule has 0 aromatic carbocycles. The highest BCUT2D eigenvalue weighted by atomic mass is 29.2. The molecule has 0 aliphatic rings. The van der Waals surface area contributed by atoms with Crippen molar-refractivity contribution in [2.24, 2.45) is 0 Å². The second kappa shape index (κ2) is 4.17. The van der Waals surface area contributed by atoms with Crippen LogP contribution in [0, 0.1) is 0 Å². The zero-order valence-corrected chi connectivity index (χ0v) is 12.5. The van der Waals surface area contributed by atoms with Gasteiger partial charge in [0.2, 0.25) is 0 Å². The minimum atomic E-state index is -0.811. The van der Waals surface area contributed by atoms with Crippen molar-refractivity contribution in [2.45, 2.75) is 39.3 Å². The number of rotatable bonds is 4. The van der Waals surface area contributed by atoms with Gasteiger partial charge in [0, 0.05) is 0 Å². The molecule has 1 N–H and O–H groups in total. The molecule has 4 radical (unpaired) electrons. The summed E-state index contributed by atoms with van der Waals surface area (Å²) in [7, 11) is 0.480. The molecule has 0 aliphatic carbocycles. The molecule has 0 aromatic rings. The van der Waals surface area contributed by atoms with Crippen molar-refractivity contribution < 1.29 is 0 Å². The summed E-state index contributed by atoms with van der Waals surface area (Å²) in [5.74, 6) is 0. The van der Waals surface area contributed by atoms with Gasteiger partial charge in [-0.3, -0.25) is 0 Å². The lowest BCUT2D eigenvalue weighted by molar-refractivity contribution is 1.60. The fourth-order valence-corrected chi connectivity index (χ4v) is 12.7. The number of nitrogens with one attached hydrogen (secondary N) is 1. The van der Waals surface area contributed by atoms with Crippen LogP contribution in [0.2, 0.25) is 39.3 Å². The van der Waals surface area contributed by atoms with E-state index in [4.69, 9.17) is 0 Å². The summed E-state index contributed by atoms with van der Waals surface area (Å²) in [5, 5.41) is 0. The van der Waals surface area contributed by atoms with Crippen molar-refractivity contribution in [3.8, 4) is 0 Å². The first-order valence-corrected chi connectivity index (χ1v) is 15.0. The highest BCUT2D eigenvalue weighted by Gasteiger charge is 2.18. The average Bonchev–Trinajstić information content (AvgIpc) is 1.55. The lowest BCUT2D eigenvalue weighted by atomic mass is 11.8. The van der Waals surface area contributed by atoms with Crippen molar-refractivity contribution >= 4 is 33.6 Å². The Morgan fingerprint density at radius 1 is 0.727 bits per heavy atom. The van der Waals surface area contributed by atoms with E-state index in [1.807, 2.05) is 0 Å². The Kier molecular flexibility index (Phi) is 4.49. The van der Waals surface area contributed by atoms with Crippen LogP contribution >= 0.6 is 0 Å². The van der Waals surface area contributed by atoms with Gasteiger partial charge >= 0.3 is 0 Å². The van der Waals surface area contributed by atoms with E-state index in [0.29, 0.717) is 0 Å². The van der Waals surface area contributed by atoms with E-state index in [0.717, 1.165) is 18.4 Å². The smallest absolute Gasteiger partial charge is 0.116 e. The van der Waals surface area contributed by atoms with Gasteiger partial charge in [-0.15, -0.1) is 0 Å². The van der Waals surface area contributed by atoms with E-state index in [1.54, 1.807) is 0 Å². The molecule has 0 fully saturated rings. The summed E-state index contributed by atoms with van der Waals surface area (Å²) < 4.78 is 3.64. The Bertz CT molecular complexity index is 98.7. The van der Waals surface area contributed by atoms with Crippen molar-refractivity contribution in [3.05, 3.63) is 0 Å². The van der Waals surface area contributed by atoms with E-state index in [-0.39, 0.29) is 0 Å². The zero-order chi connectivity index (χ0) is 9.12. The third-order valence-corrected chi connectivity index (χ3v) is 10.1. The first-order chi connectivity index (χ1) is 4.71. The lowest BCUT2D eigenvalue weighted by Crippen LogP contribution is -2.49. The molecule has 5 heteroatoms. The largest absolute Gasteiger partial charge is 0.368 e. The molecule has 0 bridgehead atoms. The fourth-order valence-electron chi connectivity index (χ4n) is 0.406. The van der Waals surface area contributed by atoms with Crippen molar-refractivity contribution in [1.82, 2.24) is 4.65 Å². The van der Waals surface area contributed by atoms with Crippen LogP contribution in [0.5, 0.6) is 0 Å². The SMILES string of the molecule is C[Si](C)(C)[Si]N[Si][Si](C)(C)C. The minimum Gasteiger partial charge on any atom is -0.368 e. The Morgan fingerprint density at radius 2 is 1.00 bits per heavy atom. The Balaban J connectivity index is 3.44. The molecule has 1 nitrogen and oxygen atoms in total. The predicted octanol–water partition coefficient (Wildman–Crippen LogP) is 1.48. The molecule has 0 unspecified atom stereocenters. The van der Waals surface area contributed by atoms with E-state index < -0.39 is 15.2 Å². The standard InChI is InChI=1S/C6H19NSi4/c1-10(2,3)8-7-9-11(4,5)6/h7H,1-6H3. The maximum atomic E-state index is 3.64. The van der Waals surface area contributed by atoms with E-state index in [2.05, 4.69) is 43.9 Å². The summed E-state index contributed by atoms with van der Waals surface area (Å²) in [5.41, 5.74) is 0. The Labute approximate surface area is 77.8 Å². The van der Waals surface area contributed by atoms with Crippen LogP contribution in [-0.2, 0) is 0 Å². The predicted molar refractivity (Wildman–Crippen MR) is 61.3 cm³/mol. The van der Waals surface area contributed by atoms with Gasteiger partial charge in [-0.25, -0.2) is 0 Å².